The van der Waals surface area contributed by atoms with Crippen LogP contribution in [0.15, 0.2) is 36.4 Å². The van der Waals surface area contributed by atoms with Gasteiger partial charge in [0.25, 0.3) is 0 Å². The van der Waals surface area contributed by atoms with Crippen molar-refractivity contribution < 1.29 is 19.0 Å². The Morgan fingerprint density at radius 2 is 1.87 bits per heavy atom. The maximum Gasteiger partial charge on any atom is 0.338 e. The van der Waals surface area contributed by atoms with E-state index in [-0.39, 0.29) is 6.61 Å². The van der Waals surface area contributed by atoms with Crippen molar-refractivity contribution in [3.05, 3.63) is 57.6 Å². The van der Waals surface area contributed by atoms with Crippen LogP contribution in [0.1, 0.15) is 22.8 Å². The molecule has 0 aliphatic rings. The average molecular weight is 355 g/mol. The molecule has 0 radical (unpaired) electrons. The van der Waals surface area contributed by atoms with Crippen LogP contribution in [0.4, 0.5) is 0 Å². The smallest absolute Gasteiger partial charge is 0.338 e. The molecule has 122 valence electrons. The zero-order valence-corrected chi connectivity index (χ0v) is 14.3. The van der Waals surface area contributed by atoms with Crippen LogP contribution in [0.2, 0.25) is 10.0 Å². The number of halogens is 2. The van der Waals surface area contributed by atoms with E-state index in [0.29, 0.717) is 33.7 Å². The number of carbonyl (C=O) groups is 1. The van der Waals surface area contributed by atoms with Crippen molar-refractivity contribution in [1.29, 1.82) is 0 Å². The summed E-state index contributed by atoms with van der Waals surface area (Å²) in [5.41, 5.74) is 1.17. The van der Waals surface area contributed by atoms with E-state index in [1.54, 1.807) is 43.3 Å². The first-order valence-electron chi connectivity index (χ1n) is 6.97. The van der Waals surface area contributed by atoms with Crippen molar-refractivity contribution in [2.24, 2.45) is 0 Å². The Bertz CT molecular complexity index is 701. The second kappa shape index (κ2) is 8.09. The van der Waals surface area contributed by atoms with Crippen LogP contribution >= 0.6 is 23.2 Å². The van der Waals surface area contributed by atoms with E-state index in [2.05, 4.69) is 0 Å². The van der Waals surface area contributed by atoms with E-state index >= 15 is 0 Å². The van der Waals surface area contributed by atoms with Gasteiger partial charge in [0.05, 0.1) is 19.3 Å². The van der Waals surface area contributed by atoms with Gasteiger partial charge in [-0.25, -0.2) is 4.79 Å². The highest BCUT2D eigenvalue weighted by Crippen LogP contribution is 2.30. The molecule has 0 aliphatic carbocycles. The van der Waals surface area contributed by atoms with Crippen molar-refractivity contribution >= 4 is 29.2 Å². The topological polar surface area (TPSA) is 44.8 Å². The highest BCUT2D eigenvalue weighted by Gasteiger charge is 2.13. The Labute approximate surface area is 144 Å². The standard InChI is InChI=1S/C17H16Cl2O4/c1-3-22-17(20)11-5-7-15(21-2)16(8-11)23-10-12-4-6-13(18)9-14(12)19/h4-9H,3,10H2,1-2H3. The second-order valence-corrected chi connectivity index (χ2v) is 5.45. The summed E-state index contributed by atoms with van der Waals surface area (Å²) in [6, 6.07) is 10.0. The molecule has 0 bridgehead atoms. The van der Waals surface area contributed by atoms with E-state index in [1.807, 2.05) is 0 Å². The number of hydrogen-bond acceptors (Lipinski definition) is 4. The molecule has 2 aromatic carbocycles. The van der Waals surface area contributed by atoms with Crippen LogP contribution in [0.3, 0.4) is 0 Å². The van der Waals surface area contributed by atoms with Gasteiger partial charge in [0.15, 0.2) is 11.5 Å². The van der Waals surface area contributed by atoms with E-state index in [1.165, 1.54) is 7.11 Å². The SMILES string of the molecule is CCOC(=O)c1ccc(OC)c(OCc2ccc(Cl)cc2Cl)c1. The molecule has 0 spiro atoms. The van der Waals surface area contributed by atoms with Gasteiger partial charge in [0.1, 0.15) is 6.61 Å². The summed E-state index contributed by atoms with van der Waals surface area (Å²) in [5, 5.41) is 1.07. The normalized spacial score (nSPS) is 10.3. The molecule has 6 heteroatoms. The van der Waals surface area contributed by atoms with Crippen LogP contribution in [-0.2, 0) is 11.3 Å². The summed E-state index contributed by atoms with van der Waals surface area (Å²) < 4.78 is 16.0. The molecule has 2 rings (SSSR count). The van der Waals surface area contributed by atoms with Crippen molar-refractivity contribution in [1.82, 2.24) is 0 Å². The number of carbonyl (C=O) groups excluding carboxylic acids is 1. The highest BCUT2D eigenvalue weighted by atomic mass is 35.5. The van der Waals surface area contributed by atoms with Crippen molar-refractivity contribution in [2.45, 2.75) is 13.5 Å². The molecule has 0 atom stereocenters. The highest BCUT2D eigenvalue weighted by molar-refractivity contribution is 6.35. The van der Waals surface area contributed by atoms with E-state index < -0.39 is 5.97 Å². The molecule has 0 fully saturated rings. The van der Waals surface area contributed by atoms with Gasteiger partial charge in [-0.3, -0.25) is 0 Å². The van der Waals surface area contributed by atoms with Crippen LogP contribution < -0.4 is 9.47 Å². The summed E-state index contributed by atoms with van der Waals surface area (Å²) in [6.45, 7) is 2.28. The summed E-state index contributed by atoms with van der Waals surface area (Å²) in [7, 11) is 1.53. The molecule has 0 heterocycles. The van der Waals surface area contributed by atoms with Gasteiger partial charge in [-0.1, -0.05) is 29.3 Å². The third kappa shape index (κ3) is 4.53. The second-order valence-electron chi connectivity index (χ2n) is 4.61. The number of ether oxygens (including phenoxy) is 3. The van der Waals surface area contributed by atoms with E-state index in [0.717, 1.165) is 5.56 Å². The lowest BCUT2D eigenvalue weighted by molar-refractivity contribution is 0.0525. The molecule has 0 unspecified atom stereocenters. The molecule has 0 amide bonds. The Kier molecular flexibility index (Phi) is 6.13. The molecular weight excluding hydrogens is 339 g/mol. The van der Waals surface area contributed by atoms with Gasteiger partial charge in [-0.05, 0) is 37.3 Å². The molecule has 23 heavy (non-hydrogen) atoms. The molecule has 0 aromatic heterocycles. The van der Waals surface area contributed by atoms with Crippen molar-refractivity contribution in [2.75, 3.05) is 13.7 Å². The fraction of sp³-hybridized carbons (Fsp3) is 0.235. The summed E-state index contributed by atoms with van der Waals surface area (Å²) in [5.74, 6) is 0.539. The fourth-order valence-electron chi connectivity index (χ4n) is 1.93. The van der Waals surface area contributed by atoms with E-state index in [4.69, 9.17) is 37.4 Å². The molecule has 0 aliphatic heterocycles. The molecule has 0 N–H and O–H groups in total. The van der Waals surface area contributed by atoms with Crippen molar-refractivity contribution in [3.63, 3.8) is 0 Å². The Hall–Kier alpha value is -1.91. The van der Waals surface area contributed by atoms with Crippen molar-refractivity contribution in [3.8, 4) is 11.5 Å². The zero-order valence-electron chi connectivity index (χ0n) is 12.8. The largest absolute Gasteiger partial charge is 0.493 e. The minimum atomic E-state index is -0.412. The van der Waals surface area contributed by atoms with Crippen LogP contribution in [0.25, 0.3) is 0 Å². The average Bonchev–Trinajstić information content (AvgIpc) is 2.54. The van der Waals surface area contributed by atoms with Gasteiger partial charge in [-0.2, -0.15) is 0 Å². The van der Waals surface area contributed by atoms with Gasteiger partial charge in [0, 0.05) is 15.6 Å². The molecular formula is C17H16Cl2O4. The molecule has 2 aromatic rings. The van der Waals surface area contributed by atoms with Crippen LogP contribution in [-0.4, -0.2) is 19.7 Å². The third-order valence-corrected chi connectivity index (χ3v) is 3.66. The van der Waals surface area contributed by atoms with Gasteiger partial charge >= 0.3 is 5.97 Å². The number of esters is 1. The Morgan fingerprint density at radius 1 is 1.09 bits per heavy atom. The van der Waals surface area contributed by atoms with Gasteiger partial charge in [0.2, 0.25) is 0 Å². The van der Waals surface area contributed by atoms with Gasteiger partial charge < -0.3 is 14.2 Å². The predicted octanol–water partition coefficient (Wildman–Crippen LogP) is 4.76. The Morgan fingerprint density at radius 3 is 2.52 bits per heavy atom. The first-order chi connectivity index (χ1) is 11.0. The van der Waals surface area contributed by atoms with Crippen LogP contribution in [0.5, 0.6) is 11.5 Å². The first kappa shape index (κ1) is 17.4. The maximum atomic E-state index is 11.8. The summed E-state index contributed by atoms with van der Waals surface area (Å²) in [4.78, 5) is 11.8. The first-order valence-corrected chi connectivity index (χ1v) is 7.72. The zero-order chi connectivity index (χ0) is 16.8. The lowest BCUT2D eigenvalue weighted by Crippen LogP contribution is -2.06. The maximum absolute atomic E-state index is 11.8. The molecule has 0 saturated carbocycles. The lowest BCUT2D eigenvalue weighted by Gasteiger charge is -2.13. The molecule has 0 saturated heterocycles. The minimum absolute atomic E-state index is 0.221. The van der Waals surface area contributed by atoms with Crippen LogP contribution in [0, 0.1) is 0 Å². The number of methoxy groups -OCH3 is 1. The molecule has 4 nitrogen and oxygen atoms in total. The summed E-state index contributed by atoms with van der Waals surface area (Å²) >= 11 is 12.0. The fourth-order valence-corrected chi connectivity index (χ4v) is 2.39. The number of hydrogen-bond donors (Lipinski definition) is 0. The van der Waals surface area contributed by atoms with Gasteiger partial charge in [-0.15, -0.1) is 0 Å². The predicted molar refractivity (Wildman–Crippen MR) is 89.7 cm³/mol. The monoisotopic (exact) mass is 354 g/mol. The number of rotatable bonds is 6. The van der Waals surface area contributed by atoms with E-state index in [9.17, 15) is 4.79 Å². The number of benzene rings is 2. The summed E-state index contributed by atoms with van der Waals surface area (Å²) in [6.07, 6.45) is 0. The lowest BCUT2D eigenvalue weighted by atomic mass is 10.2. The third-order valence-electron chi connectivity index (χ3n) is 3.07. The minimum Gasteiger partial charge on any atom is -0.493 e. The quantitative estimate of drug-likeness (QED) is 0.701. The Balaban J connectivity index is 2.20.